The molecule has 0 heterocycles. The minimum atomic E-state index is -4.48. The van der Waals surface area contributed by atoms with Gasteiger partial charge in [-0.05, 0) is 17.7 Å². The van der Waals surface area contributed by atoms with Crippen LogP contribution in [0.2, 0.25) is 0 Å². The quantitative estimate of drug-likeness (QED) is 0.490. The molecule has 0 fully saturated rings. The number of carboxylic acid groups (broad SMARTS) is 1. The molecule has 94 valence electrons. The second-order valence-electron chi connectivity index (χ2n) is 3.17. The Labute approximate surface area is 92.6 Å². The van der Waals surface area contributed by atoms with E-state index in [1.165, 1.54) is 0 Å². The molecule has 1 rings (SSSR count). The smallest absolute Gasteiger partial charge is 0.366 e. The molecule has 0 spiro atoms. The highest BCUT2D eigenvalue weighted by Gasteiger charge is 2.56. The molecular weight excluding hydrogens is 246 g/mol. The van der Waals surface area contributed by atoms with E-state index in [1.807, 2.05) is 0 Å². The molecule has 0 amide bonds. The fourth-order valence-electron chi connectivity index (χ4n) is 1.13. The lowest BCUT2D eigenvalue weighted by atomic mass is 10.0. The van der Waals surface area contributed by atoms with E-state index in [4.69, 9.17) is 10.2 Å². The number of hydrogen-bond acceptors (Lipinski definition) is 3. The van der Waals surface area contributed by atoms with Gasteiger partial charge >= 0.3 is 11.8 Å². The van der Waals surface area contributed by atoms with Gasteiger partial charge in [-0.2, -0.15) is 0 Å². The molecule has 0 aromatic heterocycles. The van der Waals surface area contributed by atoms with Crippen molar-refractivity contribution in [2.75, 3.05) is 0 Å². The highest BCUT2D eigenvalue weighted by molar-refractivity contribution is 5.77. The van der Waals surface area contributed by atoms with Crippen LogP contribution < -0.4 is 0 Å². The minimum Gasteiger partial charge on any atom is -0.508 e. The number of halogens is 4. The average molecular weight is 253 g/mol. The molecule has 0 aliphatic carbocycles. The molecule has 1 aromatic rings. The lowest BCUT2D eigenvalue weighted by Gasteiger charge is -2.23. The van der Waals surface area contributed by atoms with Crippen molar-refractivity contribution >= 4 is 5.97 Å². The molecule has 1 aromatic carbocycles. The van der Waals surface area contributed by atoms with Crippen molar-refractivity contribution in [3.05, 3.63) is 29.8 Å². The molecule has 2 N–H and O–H groups in total. The maximum atomic E-state index is 13.5. The fourth-order valence-corrected chi connectivity index (χ4v) is 1.13. The van der Waals surface area contributed by atoms with Gasteiger partial charge in [-0.3, -0.25) is 0 Å². The van der Waals surface area contributed by atoms with E-state index >= 15 is 0 Å². The van der Waals surface area contributed by atoms with Gasteiger partial charge in [0, 0.05) is 0 Å². The molecule has 8 heteroatoms. The monoisotopic (exact) mass is 253 g/mol. The summed E-state index contributed by atoms with van der Waals surface area (Å²) in [5, 5.41) is 14.8. The third kappa shape index (κ3) is 2.31. The molecule has 0 saturated carbocycles. The summed E-state index contributed by atoms with van der Waals surface area (Å²) in [7, 11) is 0. The predicted molar refractivity (Wildman–Crippen MR) is 47.5 cm³/mol. The lowest BCUT2D eigenvalue weighted by Crippen LogP contribution is -2.47. The minimum absolute atomic E-state index is 0.293. The number of phenolic OH excluding ortho intramolecular Hbond substituents is 1. The summed E-state index contributed by atoms with van der Waals surface area (Å²) in [6.07, 6.45) is -3.10. The summed E-state index contributed by atoms with van der Waals surface area (Å²) < 4.78 is 51.1. The number of nitrogens with zero attached hydrogens (tertiary/aromatic N) is 1. The maximum Gasteiger partial charge on any atom is 0.366 e. The normalized spacial score (nSPS) is 16.5. The second-order valence-corrected chi connectivity index (χ2v) is 3.17. The average Bonchev–Trinajstić information content (AvgIpc) is 2.27. The first-order valence-electron chi connectivity index (χ1n) is 4.27. The topological polar surface area (TPSA) is 60.8 Å². The molecule has 0 aliphatic rings. The molecular formula is C9H7F4NO3. The molecule has 0 radical (unpaired) electrons. The second kappa shape index (κ2) is 4.58. The summed E-state index contributed by atoms with van der Waals surface area (Å²) >= 11 is 0. The van der Waals surface area contributed by atoms with Crippen molar-refractivity contribution in [2.24, 2.45) is 0 Å². The SMILES string of the molecule is O=C(O)C(F)(C(F)c1ccc(O)cc1)N(F)F. The molecule has 2 atom stereocenters. The van der Waals surface area contributed by atoms with Crippen LogP contribution in [0.15, 0.2) is 24.3 Å². The summed E-state index contributed by atoms with van der Waals surface area (Å²) in [6, 6.07) is 3.46. The molecule has 4 nitrogen and oxygen atoms in total. The fraction of sp³-hybridized carbons (Fsp3) is 0.222. The Morgan fingerprint density at radius 2 is 1.76 bits per heavy atom. The van der Waals surface area contributed by atoms with Crippen LogP contribution in [0.1, 0.15) is 11.7 Å². The first-order valence-corrected chi connectivity index (χ1v) is 4.27. The van der Waals surface area contributed by atoms with Crippen LogP contribution in [0.5, 0.6) is 5.75 Å². The number of benzene rings is 1. The Bertz CT molecular complexity index is 411. The van der Waals surface area contributed by atoms with Crippen LogP contribution in [0.25, 0.3) is 0 Å². The number of aromatic hydroxyl groups is 1. The Kier molecular flexibility index (Phi) is 3.56. The van der Waals surface area contributed by atoms with Crippen LogP contribution in [-0.2, 0) is 4.79 Å². The van der Waals surface area contributed by atoms with E-state index in [9.17, 15) is 22.5 Å². The van der Waals surface area contributed by atoms with Gasteiger partial charge in [0.1, 0.15) is 5.75 Å². The van der Waals surface area contributed by atoms with Crippen molar-refractivity contribution in [3.63, 3.8) is 0 Å². The number of phenols is 1. The highest BCUT2D eigenvalue weighted by atomic mass is 19.4. The molecule has 2 unspecified atom stereocenters. The summed E-state index contributed by atoms with van der Waals surface area (Å²) in [4.78, 5) is 10.4. The summed E-state index contributed by atoms with van der Waals surface area (Å²) in [5.41, 5.74) is -0.631. The molecule has 17 heavy (non-hydrogen) atoms. The van der Waals surface area contributed by atoms with Crippen molar-refractivity contribution in [1.29, 1.82) is 0 Å². The van der Waals surface area contributed by atoms with E-state index in [0.717, 1.165) is 24.3 Å². The third-order valence-corrected chi connectivity index (χ3v) is 2.07. The Morgan fingerprint density at radius 1 is 1.29 bits per heavy atom. The van der Waals surface area contributed by atoms with E-state index in [1.54, 1.807) is 0 Å². The first kappa shape index (κ1) is 13.2. The van der Waals surface area contributed by atoms with Gasteiger partial charge in [-0.1, -0.05) is 21.1 Å². The van der Waals surface area contributed by atoms with Crippen molar-refractivity contribution in [1.82, 2.24) is 5.34 Å². The zero-order valence-electron chi connectivity index (χ0n) is 8.15. The van der Waals surface area contributed by atoms with Crippen molar-refractivity contribution < 1.29 is 32.8 Å². The van der Waals surface area contributed by atoms with E-state index in [2.05, 4.69) is 0 Å². The number of aliphatic carboxylic acids is 1. The van der Waals surface area contributed by atoms with Crippen LogP contribution in [0, 0.1) is 0 Å². The Morgan fingerprint density at radius 3 is 2.12 bits per heavy atom. The number of rotatable bonds is 4. The van der Waals surface area contributed by atoms with Gasteiger partial charge in [0.15, 0.2) is 6.17 Å². The number of alkyl halides is 2. The lowest BCUT2D eigenvalue weighted by molar-refractivity contribution is -0.294. The van der Waals surface area contributed by atoms with Crippen molar-refractivity contribution in [3.8, 4) is 5.75 Å². The predicted octanol–water partition coefficient (Wildman–Crippen LogP) is 2.22. The standard InChI is InChI=1S/C9H7F4NO3/c10-7(5-1-3-6(15)4-2-5)9(11,8(16)17)14(12)13/h1-4,7,15H,(H,16,17). The van der Waals surface area contributed by atoms with Crippen LogP contribution >= 0.6 is 0 Å². The molecule has 0 aliphatic heterocycles. The number of carboxylic acids is 1. The van der Waals surface area contributed by atoms with E-state index in [0.29, 0.717) is 0 Å². The van der Waals surface area contributed by atoms with Gasteiger partial charge in [0.25, 0.3) is 0 Å². The van der Waals surface area contributed by atoms with Crippen LogP contribution in [0.4, 0.5) is 17.7 Å². The van der Waals surface area contributed by atoms with Gasteiger partial charge in [0.05, 0.1) is 5.34 Å². The zero-order valence-corrected chi connectivity index (χ0v) is 8.15. The highest BCUT2D eigenvalue weighted by Crippen LogP contribution is 2.37. The molecule has 0 bridgehead atoms. The number of hydrogen-bond donors (Lipinski definition) is 2. The Hall–Kier alpha value is -1.83. The summed E-state index contributed by atoms with van der Waals surface area (Å²) in [6.45, 7) is 0. The number of carbonyl (C=O) groups is 1. The Balaban J connectivity index is 3.13. The van der Waals surface area contributed by atoms with Crippen LogP contribution in [-0.4, -0.2) is 27.3 Å². The zero-order chi connectivity index (χ0) is 13.2. The van der Waals surface area contributed by atoms with Gasteiger partial charge in [-0.25, -0.2) is 13.6 Å². The first-order chi connectivity index (χ1) is 7.80. The van der Waals surface area contributed by atoms with E-state index in [-0.39, 0.29) is 5.75 Å². The maximum absolute atomic E-state index is 13.5. The van der Waals surface area contributed by atoms with Crippen molar-refractivity contribution in [2.45, 2.75) is 12.0 Å². The van der Waals surface area contributed by atoms with Crippen LogP contribution in [0.3, 0.4) is 0 Å². The van der Waals surface area contributed by atoms with Gasteiger partial charge < -0.3 is 10.2 Å². The molecule has 0 saturated heterocycles. The van der Waals surface area contributed by atoms with E-state index < -0.39 is 28.8 Å². The van der Waals surface area contributed by atoms with Gasteiger partial charge in [-0.15, -0.1) is 0 Å². The third-order valence-electron chi connectivity index (χ3n) is 2.07. The van der Waals surface area contributed by atoms with Gasteiger partial charge in [0.2, 0.25) is 0 Å². The largest absolute Gasteiger partial charge is 0.508 e. The summed E-state index contributed by atoms with van der Waals surface area (Å²) in [5.74, 6) is -7.42.